The summed E-state index contributed by atoms with van der Waals surface area (Å²) in [6.45, 7) is 1.98. The number of benzene rings is 2. The number of hydrogen-bond donors (Lipinski definition) is 1. The maximum Gasteiger partial charge on any atom is 0.137 e. The Labute approximate surface area is 150 Å². The van der Waals surface area contributed by atoms with E-state index in [1.54, 1.807) is 6.21 Å². The third-order valence-corrected chi connectivity index (χ3v) is 4.50. The van der Waals surface area contributed by atoms with Gasteiger partial charge in [-0.3, -0.25) is 9.98 Å². The second kappa shape index (κ2) is 6.34. The van der Waals surface area contributed by atoms with Crippen molar-refractivity contribution < 1.29 is 5.11 Å². The van der Waals surface area contributed by atoms with E-state index in [0.717, 1.165) is 30.3 Å². The molecule has 3 nitrogen and oxygen atoms in total. The highest BCUT2D eigenvalue weighted by atomic mass is 127. The van der Waals surface area contributed by atoms with Crippen LogP contribution in [-0.2, 0) is 0 Å². The number of pyridine rings is 1. The van der Waals surface area contributed by atoms with Crippen LogP contribution in [0.3, 0.4) is 0 Å². The summed E-state index contributed by atoms with van der Waals surface area (Å²) in [5, 5.41) is 11.1. The molecule has 0 aliphatic heterocycles. The molecule has 0 aliphatic carbocycles. The van der Waals surface area contributed by atoms with Gasteiger partial charge < -0.3 is 5.11 Å². The second-order valence-electron chi connectivity index (χ2n) is 4.91. The Bertz CT molecular complexity index is 893. The van der Waals surface area contributed by atoms with Crippen LogP contribution < -0.4 is 0 Å². The van der Waals surface area contributed by atoms with E-state index < -0.39 is 0 Å². The van der Waals surface area contributed by atoms with Crippen LogP contribution >= 0.6 is 38.5 Å². The van der Waals surface area contributed by atoms with Gasteiger partial charge in [0, 0.05) is 27.3 Å². The third-order valence-electron chi connectivity index (χ3n) is 3.22. The van der Waals surface area contributed by atoms with Crippen LogP contribution in [0, 0.1) is 10.5 Å². The summed E-state index contributed by atoms with van der Waals surface area (Å²) in [7, 11) is 0. The molecule has 0 unspecified atom stereocenters. The van der Waals surface area contributed by atoms with E-state index in [1.165, 1.54) is 0 Å². The van der Waals surface area contributed by atoms with Gasteiger partial charge in [0.2, 0.25) is 0 Å². The van der Waals surface area contributed by atoms with Crippen LogP contribution in [0.4, 0.5) is 5.69 Å². The van der Waals surface area contributed by atoms with E-state index in [0.29, 0.717) is 5.56 Å². The average molecular weight is 467 g/mol. The van der Waals surface area contributed by atoms with Gasteiger partial charge >= 0.3 is 0 Å². The largest absolute Gasteiger partial charge is 0.506 e. The zero-order valence-corrected chi connectivity index (χ0v) is 15.5. The van der Waals surface area contributed by atoms with E-state index in [-0.39, 0.29) is 5.75 Å². The molecule has 1 heterocycles. The van der Waals surface area contributed by atoms with Gasteiger partial charge in [0.1, 0.15) is 5.75 Å². The first-order valence-electron chi connectivity index (χ1n) is 6.62. The van der Waals surface area contributed by atoms with Gasteiger partial charge in [0.25, 0.3) is 0 Å². The van der Waals surface area contributed by atoms with Crippen LogP contribution in [0.2, 0.25) is 0 Å². The molecule has 2 aromatic carbocycles. The topological polar surface area (TPSA) is 45.5 Å². The quantitative estimate of drug-likeness (QED) is 0.407. The number of halogens is 2. The minimum atomic E-state index is 0.241. The van der Waals surface area contributed by atoms with Crippen molar-refractivity contribution in [2.45, 2.75) is 6.92 Å². The van der Waals surface area contributed by atoms with Gasteiger partial charge in [0.15, 0.2) is 0 Å². The molecule has 0 aliphatic rings. The van der Waals surface area contributed by atoms with Crippen LogP contribution in [-0.4, -0.2) is 16.3 Å². The van der Waals surface area contributed by atoms with Crippen LogP contribution in [0.25, 0.3) is 10.9 Å². The molecule has 22 heavy (non-hydrogen) atoms. The summed E-state index contributed by atoms with van der Waals surface area (Å²) < 4.78 is 1.70. The van der Waals surface area contributed by atoms with Crippen molar-refractivity contribution in [1.29, 1.82) is 0 Å². The molecule has 1 aromatic heterocycles. The van der Waals surface area contributed by atoms with Gasteiger partial charge in [-0.1, -0.05) is 22.0 Å². The molecule has 0 bridgehead atoms. The van der Waals surface area contributed by atoms with E-state index >= 15 is 0 Å². The van der Waals surface area contributed by atoms with Gasteiger partial charge in [-0.2, -0.15) is 0 Å². The standard InChI is InChI=1S/C17H12BrIN2O/c1-10-2-3-11-7-14(4-5-16(11)21-10)20-9-12-6-13(18)8-15(19)17(12)22/h2-9,22H,1H3. The number of phenolic OH excluding ortho intramolecular Hbond substituents is 1. The Morgan fingerprint density at radius 2 is 2.00 bits per heavy atom. The molecule has 0 atom stereocenters. The van der Waals surface area contributed by atoms with Crippen molar-refractivity contribution in [2.75, 3.05) is 0 Å². The summed E-state index contributed by atoms with van der Waals surface area (Å²) in [6.07, 6.45) is 1.67. The number of phenols is 1. The summed E-state index contributed by atoms with van der Waals surface area (Å²) in [5.74, 6) is 0.241. The highest BCUT2D eigenvalue weighted by molar-refractivity contribution is 14.1. The lowest BCUT2D eigenvalue weighted by Crippen LogP contribution is -1.86. The fraction of sp³-hybridized carbons (Fsp3) is 0.0588. The molecule has 0 radical (unpaired) electrons. The molecular formula is C17H12BrIN2O. The molecule has 1 N–H and O–H groups in total. The molecule has 110 valence electrons. The number of hydrogen-bond acceptors (Lipinski definition) is 3. The molecule has 0 fully saturated rings. The zero-order valence-electron chi connectivity index (χ0n) is 11.7. The highest BCUT2D eigenvalue weighted by Crippen LogP contribution is 2.28. The number of rotatable bonds is 2. The fourth-order valence-electron chi connectivity index (χ4n) is 2.12. The Kier molecular flexibility index (Phi) is 4.44. The summed E-state index contributed by atoms with van der Waals surface area (Å²) >= 11 is 5.52. The lowest BCUT2D eigenvalue weighted by molar-refractivity contribution is 0.470. The molecule has 3 aromatic rings. The number of aliphatic imine (C=N–C) groups is 1. The summed E-state index contributed by atoms with van der Waals surface area (Å²) in [4.78, 5) is 8.93. The van der Waals surface area contributed by atoms with Gasteiger partial charge in [-0.25, -0.2) is 0 Å². The lowest BCUT2D eigenvalue weighted by atomic mass is 10.2. The Morgan fingerprint density at radius 3 is 2.82 bits per heavy atom. The molecule has 3 rings (SSSR count). The van der Waals surface area contributed by atoms with Crippen molar-refractivity contribution in [2.24, 2.45) is 4.99 Å². The van der Waals surface area contributed by atoms with Crippen molar-refractivity contribution in [3.63, 3.8) is 0 Å². The Morgan fingerprint density at radius 1 is 1.18 bits per heavy atom. The number of fused-ring (bicyclic) bond motifs is 1. The van der Waals surface area contributed by atoms with Gasteiger partial charge in [0.05, 0.1) is 14.8 Å². The SMILES string of the molecule is Cc1ccc2cc(N=Cc3cc(Br)cc(I)c3O)ccc2n1. The number of aromatic nitrogens is 1. The van der Waals surface area contributed by atoms with Crippen molar-refractivity contribution >= 4 is 61.3 Å². The van der Waals surface area contributed by atoms with Crippen molar-refractivity contribution in [3.05, 3.63) is 61.8 Å². The molecule has 5 heteroatoms. The smallest absolute Gasteiger partial charge is 0.137 e. The molecule has 0 spiro atoms. The normalized spacial score (nSPS) is 11.4. The maximum atomic E-state index is 10.1. The van der Waals surface area contributed by atoms with Crippen molar-refractivity contribution in [1.82, 2.24) is 4.98 Å². The average Bonchev–Trinajstić information content (AvgIpc) is 2.49. The molecule has 0 saturated heterocycles. The lowest BCUT2D eigenvalue weighted by Gasteiger charge is -2.03. The first-order valence-corrected chi connectivity index (χ1v) is 8.49. The predicted octanol–water partition coefficient (Wildman–Crippen LogP) is 5.37. The van der Waals surface area contributed by atoms with Crippen LogP contribution in [0.15, 0.2) is 51.9 Å². The number of nitrogens with zero attached hydrogens (tertiary/aromatic N) is 2. The zero-order chi connectivity index (χ0) is 15.7. The highest BCUT2D eigenvalue weighted by Gasteiger charge is 2.05. The minimum Gasteiger partial charge on any atom is -0.506 e. The fourth-order valence-corrected chi connectivity index (χ4v) is 3.67. The van der Waals surface area contributed by atoms with E-state index in [2.05, 4.69) is 48.5 Å². The van der Waals surface area contributed by atoms with Crippen LogP contribution in [0.5, 0.6) is 5.75 Å². The number of aromatic hydroxyl groups is 1. The van der Waals surface area contributed by atoms with Gasteiger partial charge in [-0.15, -0.1) is 0 Å². The molecule has 0 saturated carbocycles. The summed E-state index contributed by atoms with van der Waals surface area (Å²) in [6, 6.07) is 13.6. The first kappa shape index (κ1) is 15.4. The van der Waals surface area contributed by atoms with Gasteiger partial charge in [-0.05, 0) is 65.9 Å². The van der Waals surface area contributed by atoms with Crippen LogP contribution in [0.1, 0.15) is 11.3 Å². The minimum absolute atomic E-state index is 0.241. The Balaban J connectivity index is 1.97. The van der Waals surface area contributed by atoms with E-state index in [1.807, 2.05) is 49.4 Å². The predicted molar refractivity (Wildman–Crippen MR) is 102 cm³/mol. The monoisotopic (exact) mass is 466 g/mol. The van der Waals surface area contributed by atoms with Crippen molar-refractivity contribution in [3.8, 4) is 5.75 Å². The maximum absolute atomic E-state index is 10.1. The van der Waals surface area contributed by atoms with E-state index in [4.69, 9.17) is 0 Å². The first-order chi connectivity index (χ1) is 10.5. The molecular weight excluding hydrogens is 455 g/mol. The van der Waals surface area contributed by atoms with E-state index in [9.17, 15) is 5.11 Å². The second-order valence-corrected chi connectivity index (χ2v) is 6.99. The third kappa shape index (κ3) is 3.30. The Hall–Kier alpha value is -1.47. The summed E-state index contributed by atoms with van der Waals surface area (Å²) in [5.41, 5.74) is 3.46. The molecule has 0 amide bonds. The number of aryl methyl sites for hydroxylation is 1.